The Labute approximate surface area is 85.9 Å². The van der Waals surface area contributed by atoms with Crippen LogP contribution in [0.1, 0.15) is 27.2 Å². The number of anilines is 2. The van der Waals surface area contributed by atoms with Gasteiger partial charge in [-0.25, -0.2) is 4.98 Å². The van der Waals surface area contributed by atoms with Crippen molar-refractivity contribution in [3.05, 3.63) is 18.3 Å². The highest BCUT2D eigenvalue weighted by molar-refractivity contribution is 5.52. The number of nitrogens with zero attached hydrogens (tertiary/aromatic N) is 1. The fourth-order valence-corrected chi connectivity index (χ4v) is 1.20. The van der Waals surface area contributed by atoms with Crippen LogP contribution in [-0.4, -0.2) is 17.6 Å². The molecule has 0 aliphatic carbocycles. The highest BCUT2D eigenvalue weighted by Gasteiger charge is 1.97. The molecule has 3 heteroatoms. The average molecular weight is 193 g/mol. The summed E-state index contributed by atoms with van der Waals surface area (Å²) in [7, 11) is 0. The minimum absolute atomic E-state index is 0.455. The average Bonchev–Trinajstić information content (AvgIpc) is 2.14. The molecule has 1 aromatic rings. The molecule has 78 valence electrons. The second kappa shape index (κ2) is 5.47. The van der Waals surface area contributed by atoms with Gasteiger partial charge in [0.1, 0.15) is 5.82 Å². The lowest BCUT2D eigenvalue weighted by Crippen LogP contribution is -2.10. The molecule has 1 aromatic heterocycles. The van der Waals surface area contributed by atoms with Crippen molar-refractivity contribution in [2.45, 2.75) is 33.2 Å². The summed E-state index contributed by atoms with van der Waals surface area (Å²) in [4.78, 5) is 4.23. The van der Waals surface area contributed by atoms with Gasteiger partial charge in [-0.05, 0) is 26.3 Å². The molecule has 0 radical (unpaired) electrons. The number of pyridine rings is 1. The van der Waals surface area contributed by atoms with Gasteiger partial charge in [-0.15, -0.1) is 0 Å². The summed E-state index contributed by atoms with van der Waals surface area (Å²) in [6.45, 7) is 7.36. The monoisotopic (exact) mass is 193 g/mol. The van der Waals surface area contributed by atoms with Crippen molar-refractivity contribution >= 4 is 11.5 Å². The standard InChI is InChI=1S/C11H19N3/c1-4-6-12-11-8-10(5-7-13-11)14-9(2)3/h5,7-9H,4,6H2,1-3H3,(H2,12,13,14). The molecule has 3 nitrogen and oxygen atoms in total. The molecular formula is C11H19N3. The largest absolute Gasteiger partial charge is 0.383 e. The number of hydrogen-bond acceptors (Lipinski definition) is 3. The minimum Gasteiger partial charge on any atom is -0.383 e. The third-order valence-corrected chi connectivity index (χ3v) is 1.77. The quantitative estimate of drug-likeness (QED) is 0.755. The third-order valence-electron chi connectivity index (χ3n) is 1.77. The van der Waals surface area contributed by atoms with E-state index in [1.54, 1.807) is 0 Å². The Morgan fingerprint density at radius 2 is 2.21 bits per heavy atom. The molecule has 0 bridgehead atoms. The van der Waals surface area contributed by atoms with E-state index < -0.39 is 0 Å². The topological polar surface area (TPSA) is 37.0 Å². The van der Waals surface area contributed by atoms with Gasteiger partial charge in [-0.2, -0.15) is 0 Å². The Hall–Kier alpha value is -1.25. The van der Waals surface area contributed by atoms with Crippen molar-refractivity contribution in [3.8, 4) is 0 Å². The van der Waals surface area contributed by atoms with Gasteiger partial charge in [0.05, 0.1) is 0 Å². The van der Waals surface area contributed by atoms with Crippen LogP contribution in [0.25, 0.3) is 0 Å². The molecule has 0 aromatic carbocycles. The van der Waals surface area contributed by atoms with E-state index in [0.717, 1.165) is 24.5 Å². The molecule has 0 aliphatic rings. The molecule has 0 spiro atoms. The zero-order valence-electron chi connectivity index (χ0n) is 9.17. The highest BCUT2D eigenvalue weighted by atomic mass is 15.0. The molecule has 0 amide bonds. The van der Waals surface area contributed by atoms with Crippen molar-refractivity contribution in [2.24, 2.45) is 0 Å². The van der Waals surface area contributed by atoms with E-state index in [-0.39, 0.29) is 0 Å². The number of nitrogens with one attached hydrogen (secondary N) is 2. The summed E-state index contributed by atoms with van der Waals surface area (Å²) in [6.07, 6.45) is 2.94. The van der Waals surface area contributed by atoms with Gasteiger partial charge in [0, 0.05) is 30.5 Å². The summed E-state index contributed by atoms with van der Waals surface area (Å²) in [6, 6.07) is 4.48. The maximum absolute atomic E-state index is 4.23. The Kier molecular flexibility index (Phi) is 4.23. The first-order valence-corrected chi connectivity index (χ1v) is 5.19. The van der Waals surface area contributed by atoms with Crippen LogP contribution in [0.15, 0.2) is 18.3 Å². The van der Waals surface area contributed by atoms with E-state index >= 15 is 0 Å². The Morgan fingerprint density at radius 3 is 2.86 bits per heavy atom. The van der Waals surface area contributed by atoms with E-state index in [2.05, 4.69) is 36.4 Å². The molecule has 0 atom stereocenters. The van der Waals surface area contributed by atoms with Gasteiger partial charge in [0.15, 0.2) is 0 Å². The van der Waals surface area contributed by atoms with Crippen molar-refractivity contribution in [3.63, 3.8) is 0 Å². The molecule has 2 N–H and O–H groups in total. The maximum atomic E-state index is 4.23. The van der Waals surface area contributed by atoms with Crippen LogP contribution in [0.5, 0.6) is 0 Å². The summed E-state index contributed by atoms with van der Waals surface area (Å²) in [5.41, 5.74) is 1.12. The second-order valence-corrected chi connectivity index (χ2v) is 3.66. The van der Waals surface area contributed by atoms with E-state index in [0.29, 0.717) is 6.04 Å². The molecule has 1 heterocycles. The van der Waals surface area contributed by atoms with Crippen molar-refractivity contribution < 1.29 is 0 Å². The zero-order chi connectivity index (χ0) is 10.4. The molecular weight excluding hydrogens is 174 g/mol. The SMILES string of the molecule is CCCNc1cc(NC(C)C)ccn1. The van der Waals surface area contributed by atoms with Crippen molar-refractivity contribution in [1.29, 1.82) is 0 Å². The summed E-state index contributed by atoms with van der Waals surface area (Å²) < 4.78 is 0. The fourth-order valence-electron chi connectivity index (χ4n) is 1.20. The van der Waals surface area contributed by atoms with Crippen LogP contribution in [0.2, 0.25) is 0 Å². The minimum atomic E-state index is 0.455. The van der Waals surface area contributed by atoms with Crippen LogP contribution in [0, 0.1) is 0 Å². The summed E-state index contributed by atoms with van der Waals surface area (Å²) in [5, 5.41) is 6.60. The molecule has 0 saturated carbocycles. The van der Waals surface area contributed by atoms with Crippen LogP contribution >= 0.6 is 0 Å². The Morgan fingerprint density at radius 1 is 1.43 bits per heavy atom. The van der Waals surface area contributed by atoms with Crippen LogP contribution in [0.3, 0.4) is 0 Å². The highest BCUT2D eigenvalue weighted by Crippen LogP contribution is 2.12. The van der Waals surface area contributed by atoms with E-state index in [4.69, 9.17) is 0 Å². The summed E-state index contributed by atoms with van der Waals surface area (Å²) in [5.74, 6) is 0.942. The number of aromatic nitrogens is 1. The van der Waals surface area contributed by atoms with Gasteiger partial charge in [-0.3, -0.25) is 0 Å². The van der Waals surface area contributed by atoms with Crippen LogP contribution in [-0.2, 0) is 0 Å². The lowest BCUT2D eigenvalue weighted by atomic mass is 10.3. The van der Waals surface area contributed by atoms with Crippen molar-refractivity contribution in [2.75, 3.05) is 17.2 Å². The molecule has 0 fully saturated rings. The molecule has 0 saturated heterocycles. The molecule has 14 heavy (non-hydrogen) atoms. The summed E-state index contributed by atoms with van der Waals surface area (Å²) >= 11 is 0. The Bertz CT molecular complexity index is 271. The first-order chi connectivity index (χ1) is 6.72. The third kappa shape index (κ3) is 3.64. The van der Waals surface area contributed by atoms with Gasteiger partial charge < -0.3 is 10.6 Å². The van der Waals surface area contributed by atoms with Gasteiger partial charge in [0.25, 0.3) is 0 Å². The number of hydrogen-bond donors (Lipinski definition) is 2. The lowest BCUT2D eigenvalue weighted by molar-refractivity contribution is 0.898. The predicted molar refractivity (Wildman–Crippen MR) is 61.8 cm³/mol. The molecule has 1 rings (SSSR count). The van der Waals surface area contributed by atoms with Crippen LogP contribution < -0.4 is 10.6 Å². The maximum Gasteiger partial charge on any atom is 0.127 e. The van der Waals surface area contributed by atoms with E-state index in [9.17, 15) is 0 Å². The van der Waals surface area contributed by atoms with E-state index in [1.165, 1.54) is 0 Å². The zero-order valence-corrected chi connectivity index (χ0v) is 9.17. The van der Waals surface area contributed by atoms with Gasteiger partial charge in [0.2, 0.25) is 0 Å². The molecule has 0 aliphatic heterocycles. The normalized spacial score (nSPS) is 10.3. The predicted octanol–water partition coefficient (Wildman–Crippen LogP) is 2.72. The second-order valence-electron chi connectivity index (χ2n) is 3.66. The fraction of sp³-hybridized carbons (Fsp3) is 0.545. The van der Waals surface area contributed by atoms with Gasteiger partial charge >= 0.3 is 0 Å². The van der Waals surface area contributed by atoms with Crippen LogP contribution in [0.4, 0.5) is 11.5 Å². The first kappa shape index (κ1) is 10.8. The first-order valence-electron chi connectivity index (χ1n) is 5.19. The van der Waals surface area contributed by atoms with Gasteiger partial charge in [-0.1, -0.05) is 6.92 Å². The smallest absolute Gasteiger partial charge is 0.127 e. The number of rotatable bonds is 5. The molecule has 0 unspecified atom stereocenters. The lowest BCUT2D eigenvalue weighted by Gasteiger charge is -2.11. The Balaban J connectivity index is 2.59. The van der Waals surface area contributed by atoms with Crippen molar-refractivity contribution in [1.82, 2.24) is 4.98 Å². The van der Waals surface area contributed by atoms with E-state index in [1.807, 2.05) is 18.3 Å².